The monoisotopic (exact) mass is 290 g/mol. The summed E-state index contributed by atoms with van der Waals surface area (Å²) in [6.07, 6.45) is -4.72. The molecule has 0 amide bonds. The molecule has 3 aromatic carbocycles. The highest BCUT2D eigenvalue weighted by Crippen LogP contribution is 2.40. The first-order valence-corrected chi connectivity index (χ1v) is 6.52. The van der Waals surface area contributed by atoms with Gasteiger partial charge in [0.25, 0.3) is 0 Å². The number of halogens is 3. The van der Waals surface area contributed by atoms with E-state index in [1.54, 1.807) is 6.07 Å². The van der Waals surface area contributed by atoms with Crippen molar-refractivity contribution >= 4 is 21.5 Å². The van der Waals surface area contributed by atoms with Gasteiger partial charge in [0.05, 0.1) is 0 Å². The fourth-order valence-corrected chi connectivity index (χ4v) is 2.47. The quantitative estimate of drug-likeness (QED) is 0.640. The second-order valence-corrected chi connectivity index (χ2v) is 5.29. The second kappa shape index (κ2) is 4.46. The van der Waals surface area contributed by atoms with Gasteiger partial charge in [0.2, 0.25) is 0 Å². The molecule has 4 heteroatoms. The zero-order chi connectivity index (χ0) is 15.3. The summed E-state index contributed by atoms with van der Waals surface area (Å²) >= 11 is 0. The molecule has 0 heterocycles. The van der Waals surface area contributed by atoms with Gasteiger partial charge in [-0.3, -0.25) is 0 Å². The molecule has 21 heavy (non-hydrogen) atoms. The Morgan fingerprint density at radius 1 is 0.810 bits per heavy atom. The minimum atomic E-state index is -4.72. The van der Waals surface area contributed by atoms with Crippen LogP contribution in [-0.2, 0) is 5.60 Å². The molecule has 0 fully saturated rings. The molecule has 1 N–H and O–H groups in total. The summed E-state index contributed by atoms with van der Waals surface area (Å²) in [5.74, 6) is 0. The summed E-state index contributed by atoms with van der Waals surface area (Å²) in [6, 6.07) is 15.6. The van der Waals surface area contributed by atoms with Crippen molar-refractivity contribution in [1.82, 2.24) is 0 Å². The first-order chi connectivity index (χ1) is 9.80. The fraction of sp³-hybridized carbons (Fsp3) is 0.176. The van der Waals surface area contributed by atoms with Gasteiger partial charge in [-0.2, -0.15) is 13.2 Å². The first-order valence-electron chi connectivity index (χ1n) is 6.52. The van der Waals surface area contributed by atoms with Crippen LogP contribution in [0, 0.1) is 0 Å². The maximum atomic E-state index is 13.0. The van der Waals surface area contributed by atoms with E-state index in [4.69, 9.17) is 0 Å². The van der Waals surface area contributed by atoms with Crippen LogP contribution in [-0.4, -0.2) is 11.3 Å². The topological polar surface area (TPSA) is 20.2 Å². The number of aliphatic hydroxyl groups is 1. The Balaban J connectivity index is 2.31. The van der Waals surface area contributed by atoms with E-state index in [0.717, 1.165) is 23.1 Å². The normalized spacial score (nSPS) is 15.3. The number of alkyl halides is 3. The van der Waals surface area contributed by atoms with Crippen LogP contribution in [0.2, 0.25) is 0 Å². The van der Waals surface area contributed by atoms with Crippen LogP contribution in [0.25, 0.3) is 21.5 Å². The smallest absolute Gasteiger partial charge is 0.376 e. The number of benzene rings is 3. The van der Waals surface area contributed by atoms with E-state index in [0.29, 0.717) is 5.39 Å². The third kappa shape index (κ3) is 2.16. The fourth-order valence-electron chi connectivity index (χ4n) is 2.47. The molecule has 0 saturated heterocycles. The van der Waals surface area contributed by atoms with Crippen molar-refractivity contribution in [2.75, 3.05) is 0 Å². The average molecular weight is 290 g/mol. The molecule has 0 aromatic heterocycles. The predicted octanol–water partition coefficient (Wildman–Crippen LogP) is 4.76. The van der Waals surface area contributed by atoms with Gasteiger partial charge in [-0.05, 0) is 40.1 Å². The Morgan fingerprint density at radius 2 is 1.38 bits per heavy atom. The maximum absolute atomic E-state index is 13.0. The molecule has 0 radical (unpaired) electrons. The minimum Gasteiger partial charge on any atom is -0.376 e. The molecule has 108 valence electrons. The SMILES string of the molecule is CC(O)(c1ccc2ccc3ccccc3c2c1)C(F)(F)F. The molecule has 1 unspecified atom stereocenters. The summed E-state index contributed by atoms with van der Waals surface area (Å²) in [5, 5.41) is 13.2. The molecule has 0 aliphatic heterocycles. The standard InChI is InChI=1S/C17H13F3O/c1-16(21,17(18,19)20)13-9-8-12-7-6-11-4-2-3-5-14(11)15(12)10-13/h2-10,21H,1H3. The highest BCUT2D eigenvalue weighted by Gasteiger charge is 2.51. The van der Waals surface area contributed by atoms with Gasteiger partial charge in [-0.25, -0.2) is 0 Å². The van der Waals surface area contributed by atoms with Crippen molar-refractivity contribution in [2.45, 2.75) is 18.7 Å². The lowest BCUT2D eigenvalue weighted by Gasteiger charge is -2.27. The zero-order valence-electron chi connectivity index (χ0n) is 11.3. The average Bonchev–Trinajstić information content (AvgIpc) is 2.45. The lowest BCUT2D eigenvalue weighted by molar-refractivity contribution is -0.258. The Kier molecular flexibility index (Phi) is 2.95. The molecular formula is C17H13F3O. The van der Waals surface area contributed by atoms with Gasteiger partial charge in [-0.1, -0.05) is 48.5 Å². The van der Waals surface area contributed by atoms with Gasteiger partial charge in [-0.15, -0.1) is 0 Å². The third-order valence-electron chi connectivity index (χ3n) is 3.86. The molecule has 0 bridgehead atoms. The number of hydrogen-bond acceptors (Lipinski definition) is 1. The highest BCUT2D eigenvalue weighted by atomic mass is 19.4. The molecule has 0 aliphatic rings. The van der Waals surface area contributed by atoms with Crippen molar-refractivity contribution in [3.63, 3.8) is 0 Å². The van der Waals surface area contributed by atoms with E-state index in [-0.39, 0.29) is 5.56 Å². The van der Waals surface area contributed by atoms with Crippen molar-refractivity contribution in [3.05, 3.63) is 60.2 Å². The van der Waals surface area contributed by atoms with E-state index in [2.05, 4.69) is 0 Å². The minimum absolute atomic E-state index is 0.154. The van der Waals surface area contributed by atoms with Crippen LogP contribution in [0.5, 0.6) is 0 Å². The third-order valence-corrected chi connectivity index (χ3v) is 3.86. The predicted molar refractivity (Wildman–Crippen MR) is 77.1 cm³/mol. The molecule has 3 rings (SSSR count). The number of rotatable bonds is 1. The second-order valence-electron chi connectivity index (χ2n) is 5.29. The number of fused-ring (bicyclic) bond motifs is 3. The van der Waals surface area contributed by atoms with Gasteiger partial charge >= 0.3 is 6.18 Å². The Morgan fingerprint density at radius 3 is 2.05 bits per heavy atom. The van der Waals surface area contributed by atoms with E-state index >= 15 is 0 Å². The van der Waals surface area contributed by atoms with Crippen molar-refractivity contribution in [3.8, 4) is 0 Å². The highest BCUT2D eigenvalue weighted by molar-refractivity contribution is 6.07. The largest absolute Gasteiger partial charge is 0.421 e. The summed E-state index contributed by atoms with van der Waals surface area (Å²) in [5.41, 5.74) is -3.02. The molecular weight excluding hydrogens is 277 g/mol. The Hall–Kier alpha value is -2.07. The van der Waals surface area contributed by atoms with Gasteiger partial charge in [0, 0.05) is 0 Å². The molecule has 3 aromatic rings. The zero-order valence-corrected chi connectivity index (χ0v) is 11.3. The molecule has 1 atom stereocenters. The van der Waals surface area contributed by atoms with Gasteiger partial charge < -0.3 is 5.11 Å². The lowest BCUT2D eigenvalue weighted by Crippen LogP contribution is -2.39. The Labute approximate surface area is 119 Å². The van der Waals surface area contributed by atoms with E-state index < -0.39 is 11.8 Å². The summed E-state index contributed by atoms with van der Waals surface area (Å²) in [7, 11) is 0. The van der Waals surface area contributed by atoms with Crippen LogP contribution in [0.15, 0.2) is 54.6 Å². The summed E-state index contributed by atoms with van der Waals surface area (Å²) in [6.45, 7) is 0.777. The molecule has 0 saturated carbocycles. The first kappa shape index (κ1) is 13.9. The molecule has 0 aliphatic carbocycles. The van der Waals surface area contributed by atoms with E-state index in [1.165, 1.54) is 12.1 Å². The van der Waals surface area contributed by atoms with E-state index in [1.807, 2.05) is 36.4 Å². The lowest BCUT2D eigenvalue weighted by atomic mass is 9.91. The van der Waals surface area contributed by atoms with Crippen LogP contribution in [0.4, 0.5) is 13.2 Å². The number of hydrogen-bond donors (Lipinski definition) is 1. The van der Waals surface area contributed by atoms with Crippen LogP contribution in [0.3, 0.4) is 0 Å². The van der Waals surface area contributed by atoms with Crippen LogP contribution < -0.4 is 0 Å². The molecule has 0 spiro atoms. The van der Waals surface area contributed by atoms with Crippen LogP contribution in [0.1, 0.15) is 12.5 Å². The van der Waals surface area contributed by atoms with E-state index in [9.17, 15) is 18.3 Å². The summed E-state index contributed by atoms with van der Waals surface area (Å²) < 4.78 is 38.9. The maximum Gasteiger partial charge on any atom is 0.421 e. The summed E-state index contributed by atoms with van der Waals surface area (Å²) in [4.78, 5) is 0. The van der Waals surface area contributed by atoms with Gasteiger partial charge in [0.1, 0.15) is 0 Å². The molecule has 1 nitrogen and oxygen atoms in total. The Bertz CT molecular complexity index is 819. The van der Waals surface area contributed by atoms with Crippen molar-refractivity contribution in [1.29, 1.82) is 0 Å². The van der Waals surface area contributed by atoms with Crippen molar-refractivity contribution < 1.29 is 18.3 Å². The van der Waals surface area contributed by atoms with Gasteiger partial charge in [0.15, 0.2) is 5.60 Å². The van der Waals surface area contributed by atoms with Crippen LogP contribution >= 0.6 is 0 Å². The van der Waals surface area contributed by atoms with Crippen molar-refractivity contribution in [2.24, 2.45) is 0 Å².